The topological polar surface area (TPSA) is 24.1 Å². The first-order valence-corrected chi connectivity index (χ1v) is 6.85. The molecule has 0 aliphatic heterocycles. The van der Waals surface area contributed by atoms with Crippen LogP contribution < -0.4 is 10.6 Å². The first-order chi connectivity index (χ1) is 9.56. The van der Waals surface area contributed by atoms with Gasteiger partial charge < -0.3 is 10.6 Å². The van der Waals surface area contributed by atoms with E-state index in [2.05, 4.69) is 10.6 Å². The highest BCUT2D eigenvalue weighted by atomic mass is 32.1. The average Bonchev–Trinajstić information content (AvgIpc) is 2.43. The molecule has 0 bridgehead atoms. The van der Waals surface area contributed by atoms with Crippen LogP contribution in [-0.4, -0.2) is 5.11 Å². The van der Waals surface area contributed by atoms with Crippen molar-refractivity contribution in [2.45, 2.75) is 19.9 Å². The first kappa shape index (κ1) is 14.5. The minimum Gasteiger partial charge on any atom is -0.356 e. The van der Waals surface area contributed by atoms with Crippen LogP contribution in [-0.2, 0) is 0 Å². The Morgan fingerprint density at radius 2 is 1.85 bits per heavy atom. The van der Waals surface area contributed by atoms with Crippen LogP contribution in [0.1, 0.15) is 24.1 Å². The standard InChI is InChI=1S/C16H17FN2S/c1-11-8-9-14(17)15(10-11)19-16(20)18-12(2)13-6-4-3-5-7-13/h3-10,12H,1-2H3,(H2,18,19,20). The van der Waals surface area contributed by atoms with Gasteiger partial charge in [-0.15, -0.1) is 0 Å². The fraction of sp³-hybridized carbons (Fsp3) is 0.188. The van der Waals surface area contributed by atoms with Gasteiger partial charge in [-0.2, -0.15) is 0 Å². The maximum absolute atomic E-state index is 13.6. The molecule has 0 aliphatic carbocycles. The van der Waals surface area contributed by atoms with Gasteiger partial charge in [0.15, 0.2) is 5.11 Å². The van der Waals surface area contributed by atoms with Gasteiger partial charge in [0.2, 0.25) is 0 Å². The summed E-state index contributed by atoms with van der Waals surface area (Å²) in [4.78, 5) is 0. The summed E-state index contributed by atoms with van der Waals surface area (Å²) in [6, 6.07) is 14.9. The highest BCUT2D eigenvalue weighted by molar-refractivity contribution is 7.80. The average molecular weight is 288 g/mol. The number of benzene rings is 2. The fourth-order valence-electron chi connectivity index (χ4n) is 1.91. The van der Waals surface area contributed by atoms with Crippen molar-refractivity contribution in [1.29, 1.82) is 0 Å². The third-order valence-corrected chi connectivity index (χ3v) is 3.24. The summed E-state index contributed by atoms with van der Waals surface area (Å²) in [7, 11) is 0. The molecule has 2 N–H and O–H groups in total. The van der Waals surface area contributed by atoms with Crippen molar-refractivity contribution in [2.24, 2.45) is 0 Å². The molecule has 0 aliphatic rings. The van der Waals surface area contributed by atoms with E-state index in [1.54, 1.807) is 12.1 Å². The Balaban J connectivity index is 2.01. The summed E-state index contributed by atoms with van der Waals surface area (Å²) in [5.41, 5.74) is 2.50. The van der Waals surface area contributed by atoms with Crippen molar-refractivity contribution in [2.75, 3.05) is 5.32 Å². The van der Waals surface area contributed by atoms with Crippen LogP contribution in [0.5, 0.6) is 0 Å². The Morgan fingerprint density at radius 3 is 2.55 bits per heavy atom. The van der Waals surface area contributed by atoms with Gasteiger partial charge in [-0.1, -0.05) is 36.4 Å². The van der Waals surface area contributed by atoms with Crippen molar-refractivity contribution in [3.8, 4) is 0 Å². The molecule has 2 aromatic carbocycles. The molecule has 0 radical (unpaired) electrons. The van der Waals surface area contributed by atoms with Crippen LogP contribution in [0.2, 0.25) is 0 Å². The lowest BCUT2D eigenvalue weighted by Crippen LogP contribution is -2.31. The summed E-state index contributed by atoms with van der Waals surface area (Å²) in [6.07, 6.45) is 0. The second kappa shape index (κ2) is 6.48. The second-order valence-electron chi connectivity index (χ2n) is 4.71. The Morgan fingerprint density at radius 1 is 1.15 bits per heavy atom. The summed E-state index contributed by atoms with van der Waals surface area (Å²) >= 11 is 5.23. The molecule has 0 heterocycles. The first-order valence-electron chi connectivity index (χ1n) is 6.45. The van der Waals surface area contributed by atoms with E-state index in [1.807, 2.05) is 44.2 Å². The van der Waals surface area contributed by atoms with Gasteiger partial charge in [0.05, 0.1) is 11.7 Å². The van der Waals surface area contributed by atoms with Crippen LogP contribution in [0, 0.1) is 12.7 Å². The molecule has 0 saturated carbocycles. The number of aryl methyl sites for hydroxylation is 1. The van der Waals surface area contributed by atoms with E-state index in [1.165, 1.54) is 6.07 Å². The van der Waals surface area contributed by atoms with Crippen molar-refractivity contribution in [3.63, 3.8) is 0 Å². The molecule has 4 heteroatoms. The van der Waals surface area contributed by atoms with Crippen LogP contribution in [0.3, 0.4) is 0 Å². The summed E-state index contributed by atoms with van der Waals surface area (Å²) < 4.78 is 13.6. The predicted octanol–water partition coefficient (Wildman–Crippen LogP) is 4.18. The van der Waals surface area contributed by atoms with E-state index in [9.17, 15) is 4.39 Å². The van der Waals surface area contributed by atoms with Crippen molar-refractivity contribution < 1.29 is 4.39 Å². The Bertz CT molecular complexity index is 599. The lowest BCUT2D eigenvalue weighted by Gasteiger charge is -2.17. The molecule has 0 saturated heterocycles. The molecular formula is C16H17FN2S. The van der Waals surface area contributed by atoms with Gasteiger partial charge in [0.25, 0.3) is 0 Å². The number of hydrogen-bond acceptors (Lipinski definition) is 1. The number of anilines is 1. The molecule has 20 heavy (non-hydrogen) atoms. The zero-order chi connectivity index (χ0) is 14.5. The molecular weight excluding hydrogens is 271 g/mol. The fourth-order valence-corrected chi connectivity index (χ4v) is 2.20. The molecule has 2 rings (SSSR count). The molecule has 0 fully saturated rings. The van der Waals surface area contributed by atoms with Crippen LogP contribution in [0.25, 0.3) is 0 Å². The van der Waals surface area contributed by atoms with Gasteiger partial charge in [0, 0.05) is 0 Å². The largest absolute Gasteiger partial charge is 0.356 e. The van der Waals surface area contributed by atoms with E-state index in [0.717, 1.165) is 11.1 Å². The highest BCUT2D eigenvalue weighted by Crippen LogP contribution is 2.16. The van der Waals surface area contributed by atoms with Gasteiger partial charge in [-0.25, -0.2) is 4.39 Å². The highest BCUT2D eigenvalue weighted by Gasteiger charge is 2.08. The summed E-state index contributed by atoms with van der Waals surface area (Å²) in [6.45, 7) is 3.92. The molecule has 0 aromatic heterocycles. The summed E-state index contributed by atoms with van der Waals surface area (Å²) in [5.74, 6) is -0.313. The number of rotatable bonds is 3. The zero-order valence-electron chi connectivity index (χ0n) is 11.5. The molecule has 0 spiro atoms. The lowest BCUT2D eigenvalue weighted by molar-refractivity contribution is 0.631. The van der Waals surface area contributed by atoms with Crippen LogP contribution in [0.15, 0.2) is 48.5 Å². The SMILES string of the molecule is Cc1ccc(F)c(NC(=S)NC(C)c2ccccc2)c1. The van der Waals surface area contributed by atoms with E-state index < -0.39 is 0 Å². The lowest BCUT2D eigenvalue weighted by atomic mass is 10.1. The predicted molar refractivity (Wildman–Crippen MR) is 85.4 cm³/mol. The van der Waals surface area contributed by atoms with Gasteiger partial charge in [-0.3, -0.25) is 0 Å². The number of thiocarbonyl (C=S) groups is 1. The Hall–Kier alpha value is -1.94. The van der Waals surface area contributed by atoms with Gasteiger partial charge in [0.1, 0.15) is 5.82 Å². The monoisotopic (exact) mass is 288 g/mol. The van der Waals surface area contributed by atoms with Crippen molar-refractivity contribution >= 4 is 23.0 Å². The second-order valence-corrected chi connectivity index (χ2v) is 5.12. The molecule has 0 amide bonds. The number of halogens is 1. The maximum atomic E-state index is 13.6. The van der Waals surface area contributed by atoms with Crippen molar-refractivity contribution in [3.05, 3.63) is 65.5 Å². The molecule has 1 unspecified atom stereocenters. The number of nitrogens with one attached hydrogen (secondary N) is 2. The zero-order valence-corrected chi connectivity index (χ0v) is 12.3. The minimum atomic E-state index is -0.313. The third kappa shape index (κ3) is 3.78. The minimum absolute atomic E-state index is 0.0593. The van der Waals surface area contributed by atoms with E-state index >= 15 is 0 Å². The van der Waals surface area contributed by atoms with Crippen molar-refractivity contribution in [1.82, 2.24) is 5.32 Å². The normalized spacial score (nSPS) is 11.8. The maximum Gasteiger partial charge on any atom is 0.171 e. The van der Waals surface area contributed by atoms with Crippen LogP contribution in [0.4, 0.5) is 10.1 Å². The van der Waals surface area contributed by atoms with E-state index in [-0.39, 0.29) is 11.9 Å². The van der Waals surface area contributed by atoms with Gasteiger partial charge >= 0.3 is 0 Å². The summed E-state index contributed by atoms with van der Waals surface area (Å²) in [5, 5.41) is 6.45. The smallest absolute Gasteiger partial charge is 0.171 e. The Labute approximate surface area is 124 Å². The molecule has 2 nitrogen and oxygen atoms in total. The Kier molecular flexibility index (Phi) is 4.69. The molecule has 2 aromatic rings. The molecule has 104 valence electrons. The number of hydrogen-bond donors (Lipinski definition) is 2. The quantitative estimate of drug-likeness (QED) is 0.828. The van der Waals surface area contributed by atoms with Crippen LogP contribution >= 0.6 is 12.2 Å². The third-order valence-electron chi connectivity index (χ3n) is 3.02. The van der Waals surface area contributed by atoms with E-state index in [0.29, 0.717) is 10.8 Å². The van der Waals surface area contributed by atoms with Gasteiger partial charge in [-0.05, 0) is 49.3 Å². The molecule has 1 atom stereocenters. The van der Waals surface area contributed by atoms with E-state index in [4.69, 9.17) is 12.2 Å².